The molecular formula is C22H19NO2. The van der Waals surface area contributed by atoms with E-state index in [-0.39, 0.29) is 0 Å². The second kappa shape index (κ2) is 8.50. The van der Waals surface area contributed by atoms with Gasteiger partial charge < -0.3 is 9.47 Å². The van der Waals surface area contributed by atoms with E-state index in [2.05, 4.69) is 4.99 Å². The lowest BCUT2D eigenvalue weighted by molar-refractivity contribution is 0.479. The second-order valence-corrected chi connectivity index (χ2v) is 5.44. The Hall–Kier alpha value is -3.33. The molecule has 0 N–H and O–H groups in total. The van der Waals surface area contributed by atoms with Gasteiger partial charge in [-0.3, -0.25) is 0 Å². The van der Waals surface area contributed by atoms with Gasteiger partial charge in [-0.15, -0.1) is 0 Å². The molecule has 3 nitrogen and oxygen atoms in total. The van der Waals surface area contributed by atoms with Crippen LogP contribution in [-0.4, -0.2) is 5.90 Å². The molecule has 0 amide bonds. The number of ether oxygens (including phenoxy) is 2. The maximum atomic E-state index is 5.88. The SMILES string of the molecule is Cc1cccc(N=C(C=COc2ccccc2)Oc2ccccc2)c1. The zero-order valence-corrected chi connectivity index (χ0v) is 14.0. The predicted octanol–water partition coefficient (Wildman–Crippen LogP) is 5.70. The summed E-state index contributed by atoms with van der Waals surface area (Å²) in [4.78, 5) is 4.57. The van der Waals surface area contributed by atoms with Crippen molar-refractivity contribution in [3.8, 4) is 11.5 Å². The summed E-state index contributed by atoms with van der Waals surface area (Å²) in [5.74, 6) is 1.93. The summed E-state index contributed by atoms with van der Waals surface area (Å²) in [5.41, 5.74) is 1.97. The second-order valence-electron chi connectivity index (χ2n) is 5.44. The Kier molecular flexibility index (Phi) is 5.62. The maximum Gasteiger partial charge on any atom is 0.222 e. The van der Waals surface area contributed by atoms with E-state index >= 15 is 0 Å². The van der Waals surface area contributed by atoms with Crippen LogP contribution in [0.3, 0.4) is 0 Å². The first-order chi connectivity index (χ1) is 12.3. The monoisotopic (exact) mass is 329 g/mol. The van der Waals surface area contributed by atoms with Crippen LogP contribution >= 0.6 is 0 Å². The molecule has 0 saturated carbocycles. The fourth-order valence-corrected chi connectivity index (χ4v) is 2.20. The molecule has 124 valence electrons. The van der Waals surface area contributed by atoms with Crippen LogP contribution in [0.4, 0.5) is 5.69 Å². The third-order valence-electron chi connectivity index (χ3n) is 3.36. The Labute approximate surface area is 147 Å². The van der Waals surface area contributed by atoms with Crippen LogP contribution in [0.2, 0.25) is 0 Å². The summed E-state index contributed by atoms with van der Waals surface area (Å²) in [6.07, 6.45) is 3.29. The zero-order valence-electron chi connectivity index (χ0n) is 14.0. The Morgan fingerprint density at radius 2 is 1.48 bits per heavy atom. The molecule has 0 spiro atoms. The van der Waals surface area contributed by atoms with Gasteiger partial charge in [-0.05, 0) is 48.9 Å². The minimum atomic E-state index is 0.452. The van der Waals surface area contributed by atoms with Crippen molar-refractivity contribution in [1.82, 2.24) is 0 Å². The average molecular weight is 329 g/mol. The molecule has 3 rings (SSSR count). The van der Waals surface area contributed by atoms with Crippen molar-refractivity contribution in [2.24, 2.45) is 4.99 Å². The summed E-state index contributed by atoms with van der Waals surface area (Å²) in [5, 5.41) is 0. The number of hydrogen-bond donors (Lipinski definition) is 0. The van der Waals surface area contributed by atoms with E-state index in [0.717, 1.165) is 22.7 Å². The van der Waals surface area contributed by atoms with Gasteiger partial charge in [-0.1, -0.05) is 48.5 Å². The van der Waals surface area contributed by atoms with Crippen molar-refractivity contribution in [2.45, 2.75) is 6.92 Å². The molecule has 0 bridgehead atoms. The van der Waals surface area contributed by atoms with Gasteiger partial charge in [-0.25, -0.2) is 4.99 Å². The van der Waals surface area contributed by atoms with E-state index in [0.29, 0.717) is 5.90 Å². The van der Waals surface area contributed by atoms with Crippen LogP contribution in [0.5, 0.6) is 11.5 Å². The smallest absolute Gasteiger partial charge is 0.222 e. The van der Waals surface area contributed by atoms with E-state index in [1.165, 1.54) is 0 Å². The molecule has 0 saturated heterocycles. The average Bonchev–Trinajstić information content (AvgIpc) is 2.63. The molecule has 0 aliphatic rings. The van der Waals surface area contributed by atoms with Gasteiger partial charge in [0.2, 0.25) is 5.90 Å². The lowest BCUT2D eigenvalue weighted by Gasteiger charge is -2.06. The van der Waals surface area contributed by atoms with E-state index in [9.17, 15) is 0 Å². The lowest BCUT2D eigenvalue weighted by atomic mass is 10.2. The number of hydrogen-bond acceptors (Lipinski definition) is 3. The fourth-order valence-electron chi connectivity index (χ4n) is 2.20. The van der Waals surface area contributed by atoms with Crippen molar-refractivity contribution in [3.05, 3.63) is 103 Å². The highest BCUT2D eigenvalue weighted by Crippen LogP contribution is 2.16. The van der Waals surface area contributed by atoms with E-state index in [1.54, 1.807) is 12.3 Å². The van der Waals surface area contributed by atoms with E-state index in [1.807, 2.05) is 91.9 Å². The molecule has 0 atom stereocenters. The Bertz CT molecular complexity index is 855. The Morgan fingerprint density at radius 3 is 2.16 bits per heavy atom. The largest absolute Gasteiger partial charge is 0.465 e. The van der Waals surface area contributed by atoms with Gasteiger partial charge in [0.05, 0.1) is 11.9 Å². The molecule has 0 unspecified atom stereocenters. The van der Waals surface area contributed by atoms with Crippen molar-refractivity contribution in [3.63, 3.8) is 0 Å². The molecular weight excluding hydrogens is 310 g/mol. The first kappa shape index (κ1) is 16.5. The van der Waals surface area contributed by atoms with Crippen LogP contribution in [-0.2, 0) is 0 Å². The minimum Gasteiger partial charge on any atom is -0.465 e. The quantitative estimate of drug-likeness (QED) is 0.342. The molecule has 3 heteroatoms. The first-order valence-corrected chi connectivity index (χ1v) is 8.06. The molecule has 0 aliphatic carbocycles. The van der Waals surface area contributed by atoms with Gasteiger partial charge in [0.15, 0.2) is 0 Å². The van der Waals surface area contributed by atoms with Crippen LogP contribution in [0.1, 0.15) is 5.56 Å². The standard InChI is InChI=1S/C22H19NO2/c1-18-9-8-10-19(17-18)23-22(25-21-13-6-3-7-14-21)15-16-24-20-11-4-2-5-12-20/h2-17H,1H3. The van der Waals surface area contributed by atoms with Crippen LogP contribution < -0.4 is 9.47 Å². The lowest BCUT2D eigenvalue weighted by Crippen LogP contribution is -2.05. The highest BCUT2D eigenvalue weighted by Gasteiger charge is 2.01. The van der Waals surface area contributed by atoms with Crippen molar-refractivity contribution in [2.75, 3.05) is 0 Å². The molecule has 0 radical (unpaired) electrons. The third-order valence-corrected chi connectivity index (χ3v) is 3.36. The van der Waals surface area contributed by atoms with Gasteiger partial charge in [0.1, 0.15) is 11.5 Å². The summed E-state index contributed by atoms with van der Waals surface area (Å²) >= 11 is 0. The highest BCUT2D eigenvalue weighted by molar-refractivity contribution is 5.91. The van der Waals surface area contributed by atoms with Gasteiger partial charge in [0, 0.05) is 6.08 Å². The highest BCUT2D eigenvalue weighted by atomic mass is 16.5. The molecule has 0 heterocycles. The maximum absolute atomic E-state index is 5.88. The van der Waals surface area contributed by atoms with Gasteiger partial charge >= 0.3 is 0 Å². The normalized spacial score (nSPS) is 11.5. The van der Waals surface area contributed by atoms with Crippen molar-refractivity contribution in [1.29, 1.82) is 0 Å². The molecule has 25 heavy (non-hydrogen) atoms. The number of aliphatic imine (C=N–C) groups is 1. The summed E-state index contributed by atoms with van der Waals surface area (Å²) < 4.78 is 11.5. The molecule has 3 aromatic carbocycles. The predicted molar refractivity (Wildman–Crippen MR) is 102 cm³/mol. The van der Waals surface area contributed by atoms with Gasteiger partial charge in [-0.2, -0.15) is 0 Å². The molecule has 0 aliphatic heterocycles. The fraction of sp³-hybridized carbons (Fsp3) is 0.0455. The number of nitrogens with zero attached hydrogens (tertiary/aromatic N) is 1. The van der Waals surface area contributed by atoms with Crippen LogP contribution in [0.25, 0.3) is 0 Å². The minimum absolute atomic E-state index is 0.452. The third kappa shape index (κ3) is 5.36. The van der Waals surface area contributed by atoms with E-state index in [4.69, 9.17) is 9.47 Å². The Morgan fingerprint density at radius 1 is 0.800 bits per heavy atom. The van der Waals surface area contributed by atoms with Crippen LogP contribution in [0.15, 0.2) is 102 Å². The number of rotatable bonds is 5. The van der Waals surface area contributed by atoms with Crippen molar-refractivity contribution < 1.29 is 9.47 Å². The number of benzene rings is 3. The molecule has 3 aromatic rings. The zero-order chi connectivity index (χ0) is 17.3. The number of aryl methyl sites for hydroxylation is 1. The Balaban J connectivity index is 1.81. The van der Waals surface area contributed by atoms with Gasteiger partial charge in [0.25, 0.3) is 0 Å². The summed E-state index contributed by atoms with van der Waals surface area (Å²) in [7, 11) is 0. The van der Waals surface area contributed by atoms with E-state index < -0.39 is 0 Å². The summed E-state index contributed by atoms with van der Waals surface area (Å²) in [6, 6.07) is 27.1. The van der Waals surface area contributed by atoms with Crippen molar-refractivity contribution >= 4 is 11.6 Å². The first-order valence-electron chi connectivity index (χ1n) is 8.06. The topological polar surface area (TPSA) is 30.8 Å². The summed E-state index contributed by atoms with van der Waals surface area (Å²) in [6.45, 7) is 2.03. The van der Waals surface area contributed by atoms with Crippen LogP contribution in [0, 0.1) is 6.92 Å². The number of para-hydroxylation sites is 2. The molecule has 0 fully saturated rings. The molecule has 0 aromatic heterocycles.